The summed E-state index contributed by atoms with van der Waals surface area (Å²) < 4.78 is 0. The van der Waals surface area contributed by atoms with Crippen molar-refractivity contribution in [1.82, 2.24) is 4.90 Å². The predicted octanol–water partition coefficient (Wildman–Crippen LogP) is 2.16. The molecule has 3 nitrogen and oxygen atoms in total. The number of amides is 1. The van der Waals surface area contributed by atoms with E-state index in [1.807, 2.05) is 17.0 Å². The highest BCUT2D eigenvalue weighted by atomic mass is 16.2. The molecule has 1 amide bonds. The van der Waals surface area contributed by atoms with Gasteiger partial charge in [-0.3, -0.25) is 4.79 Å². The van der Waals surface area contributed by atoms with Gasteiger partial charge in [0.2, 0.25) is 5.91 Å². The highest BCUT2D eigenvalue weighted by Crippen LogP contribution is 2.29. The van der Waals surface area contributed by atoms with Crippen molar-refractivity contribution in [3.05, 3.63) is 35.4 Å². The fourth-order valence-electron chi connectivity index (χ4n) is 3.27. The van der Waals surface area contributed by atoms with Crippen LogP contribution >= 0.6 is 0 Å². The average Bonchev–Trinajstić information content (AvgIpc) is 2.90. The van der Waals surface area contributed by atoms with Gasteiger partial charge in [0.1, 0.15) is 0 Å². The molecule has 3 rings (SSSR count). The summed E-state index contributed by atoms with van der Waals surface area (Å²) in [6.45, 7) is 1.45. The number of carbonyl (C=O) groups is 1. The number of piperidine rings is 1. The second kappa shape index (κ2) is 5.05. The first-order valence-electron chi connectivity index (χ1n) is 7.03. The summed E-state index contributed by atoms with van der Waals surface area (Å²) in [5, 5.41) is 9.01. The molecule has 1 aliphatic heterocycles. The summed E-state index contributed by atoms with van der Waals surface area (Å²) in [5.74, 6) is 0.368. The summed E-state index contributed by atoms with van der Waals surface area (Å²) in [5.41, 5.74) is 2.63. The van der Waals surface area contributed by atoms with Crippen LogP contribution in [0.2, 0.25) is 0 Å². The summed E-state index contributed by atoms with van der Waals surface area (Å²) in [4.78, 5) is 14.5. The molecule has 1 aliphatic carbocycles. The lowest BCUT2D eigenvalue weighted by atomic mass is 9.97. The third-order valence-electron chi connectivity index (χ3n) is 4.32. The summed E-state index contributed by atoms with van der Waals surface area (Å²) >= 11 is 0. The average molecular weight is 254 g/mol. The van der Waals surface area contributed by atoms with Crippen molar-refractivity contribution in [2.45, 2.75) is 25.7 Å². The van der Waals surface area contributed by atoms with Gasteiger partial charge in [0.05, 0.1) is 12.0 Å². The Morgan fingerprint density at radius 3 is 2.58 bits per heavy atom. The van der Waals surface area contributed by atoms with Crippen LogP contribution in [-0.2, 0) is 17.6 Å². The van der Waals surface area contributed by atoms with E-state index in [9.17, 15) is 4.79 Å². The van der Waals surface area contributed by atoms with E-state index in [1.165, 1.54) is 11.1 Å². The Morgan fingerprint density at radius 2 is 1.95 bits per heavy atom. The Bertz CT molecular complexity index is 507. The number of nitriles is 1. The number of hydrogen-bond acceptors (Lipinski definition) is 2. The molecule has 1 fully saturated rings. The normalized spacial score (nSPS) is 22.9. The summed E-state index contributed by atoms with van der Waals surface area (Å²) in [7, 11) is 0. The Hall–Kier alpha value is -1.82. The number of likely N-dealkylation sites (tertiary alicyclic amines) is 1. The van der Waals surface area contributed by atoms with E-state index in [0.717, 1.165) is 32.2 Å². The van der Waals surface area contributed by atoms with Crippen molar-refractivity contribution in [1.29, 1.82) is 5.26 Å². The second-order valence-electron chi connectivity index (χ2n) is 5.63. The third kappa shape index (κ3) is 2.35. The number of fused-ring (bicyclic) bond motifs is 1. The van der Waals surface area contributed by atoms with Crippen LogP contribution in [0.5, 0.6) is 0 Å². The maximum absolute atomic E-state index is 12.5. The van der Waals surface area contributed by atoms with Crippen molar-refractivity contribution in [3.63, 3.8) is 0 Å². The molecule has 19 heavy (non-hydrogen) atoms. The van der Waals surface area contributed by atoms with Crippen LogP contribution in [0.1, 0.15) is 24.0 Å². The molecule has 0 radical (unpaired) electrons. The quantitative estimate of drug-likeness (QED) is 0.771. The van der Waals surface area contributed by atoms with Gasteiger partial charge in [0.25, 0.3) is 0 Å². The Labute approximate surface area is 113 Å². The minimum Gasteiger partial charge on any atom is -0.341 e. The van der Waals surface area contributed by atoms with Gasteiger partial charge >= 0.3 is 0 Å². The fourth-order valence-corrected chi connectivity index (χ4v) is 3.27. The SMILES string of the molecule is N#CC1CCCN(C(=O)C2Cc3ccccc3C2)C1. The van der Waals surface area contributed by atoms with Crippen LogP contribution in [0.15, 0.2) is 24.3 Å². The molecule has 1 aromatic carbocycles. The Kier molecular flexibility index (Phi) is 3.25. The lowest BCUT2D eigenvalue weighted by Crippen LogP contribution is -2.43. The van der Waals surface area contributed by atoms with Gasteiger partial charge in [-0.1, -0.05) is 24.3 Å². The molecular formula is C16H18N2O. The van der Waals surface area contributed by atoms with E-state index in [1.54, 1.807) is 0 Å². The molecule has 2 aliphatic rings. The smallest absolute Gasteiger partial charge is 0.226 e. The number of carbonyl (C=O) groups excluding carboxylic acids is 1. The lowest BCUT2D eigenvalue weighted by molar-refractivity contribution is -0.136. The zero-order valence-corrected chi connectivity index (χ0v) is 11.0. The number of benzene rings is 1. The minimum absolute atomic E-state index is 0.0291. The number of rotatable bonds is 1. The highest BCUT2D eigenvalue weighted by molar-refractivity contribution is 5.80. The largest absolute Gasteiger partial charge is 0.341 e. The molecule has 0 aromatic heterocycles. The molecule has 0 spiro atoms. The number of nitrogens with zero attached hydrogens (tertiary/aromatic N) is 2. The van der Waals surface area contributed by atoms with Gasteiger partial charge < -0.3 is 4.90 Å². The first kappa shape index (κ1) is 12.2. The van der Waals surface area contributed by atoms with Crippen molar-refractivity contribution in [2.24, 2.45) is 11.8 Å². The monoisotopic (exact) mass is 254 g/mol. The van der Waals surface area contributed by atoms with E-state index >= 15 is 0 Å². The van der Waals surface area contributed by atoms with Gasteiger partial charge in [-0.05, 0) is 36.8 Å². The van der Waals surface area contributed by atoms with E-state index in [0.29, 0.717) is 6.54 Å². The third-order valence-corrected chi connectivity index (χ3v) is 4.32. The fraction of sp³-hybridized carbons (Fsp3) is 0.500. The molecular weight excluding hydrogens is 236 g/mol. The van der Waals surface area contributed by atoms with Gasteiger partial charge in [-0.2, -0.15) is 5.26 Å². The molecule has 0 N–H and O–H groups in total. The first-order chi connectivity index (χ1) is 9.28. The number of hydrogen-bond donors (Lipinski definition) is 0. The van der Waals surface area contributed by atoms with Gasteiger partial charge in [0, 0.05) is 19.0 Å². The molecule has 1 heterocycles. The molecule has 1 atom stereocenters. The van der Waals surface area contributed by atoms with E-state index < -0.39 is 0 Å². The Morgan fingerprint density at radius 1 is 1.26 bits per heavy atom. The maximum Gasteiger partial charge on any atom is 0.226 e. The van der Waals surface area contributed by atoms with Crippen LogP contribution in [-0.4, -0.2) is 23.9 Å². The van der Waals surface area contributed by atoms with E-state index in [2.05, 4.69) is 18.2 Å². The molecule has 0 saturated carbocycles. The second-order valence-corrected chi connectivity index (χ2v) is 5.63. The van der Waals surface area contributed by atoms with Crippen molar-refractivity contribution in [2.75, 3.05) is 13.1 Å². The van der Waals surface area contributed by atoms with Crippen molar-refractivity contribution < 1.29 is 4.79 Å². The van der Waals surface area contributed by atoms with Crippen LogP contribution in [0.25, 0.3) is 0 Å². The van der Waals surface area contributed by atoms with Crippen LogP contribution in [0.3, 0.4) is 0 Å². The van der Waals surface area contributed by atoms with Crippen LogP contribution in [0.4, 0.5) is 0 Å². The molecule has 1 aromatic rings. The summed E-state index contributed by atoms with van der Waals surface area (Å²) in [6.07, 6.45) is 3.63. The van der Waals surface area contributed by atoms with Gasteiger partial charge in [-0.15, -0.1) is 0 Å². The molecule has 1 unspecified atom stereocenters. The Balaban J connectivity index is 1.68. The topological polar surface area (TPSA) is 44.1 Å². The van der Waals surface area contributed by atoms with E-state index in [-0.39, 0.29) is 17.7 Å². The zero-order valence-electron chi connectivity index (χ0n) is 11.0. The lowest BCUT2D eigenvalue weighted by Gasteiger charge is -2.31. The van der Waals surface area contributed by atoms with Crippen LogP contribution < -0.4 is 0 Å². The van der Waals surface area contributed by atoms with Crippen molar-refractivity contribution >= 4 is 5.91 Å². The van der Waals surface area contributed by atoms with Gasteiger partial charge in [-0.25, -0.2) is 0 Å². The minimum atomic E-state index is 0.0291. The van der Waals surface area contributed by atoms with Crippen LogP contribution in [0, 0.1) is 23.2 Å². The standard InChI is InChI=1S/C16H18N2O/c17-10-12-4-3-7-18(11-12)16(19)15-8-13-5-1-2-6-14(13)9-15/h1-2,5-6,12,15H,3-4,7-9,11H2. The van der Waals surface area contributed by atoms with Gasteiger partial charge in [0.15, 0.2) is 0 Å². The molecule has 98 valence electrons. The zero-order chi connectivity index (χ0) is 13.2. The maximum atomic E-state index is 12.5. The molecule has 1 saturated heterocycles. The molecule has 0 bridgehead atoms. The van der Waals surface area contributed by atoms with E-state index in [4.69, 9.17) is 5.26 Å². The predicted molar refractivity (Wildman–Crippen MR) is 72.3 cm³/mol. The van der Waals surface area contributed by atoms with Crippen molar-refractivity contribution in [3.8, 4) is 6.07 Å². The summed E-state index contributed by atoms with van der Waals surface area (Å²) in [6, 6.07) is 10.6. The molecule has 3 heteroatoms. The first-order valence-corrected chi connectivity index (χ1v) is 7.03. The highest BCUT2D eigenvalue weighted by Gasteiger charge is 2.32.